The Hall–Kier alpha value is -3.53. The zero-order valence-electron chi connectivity index (χ0n) is 20.8. The van der Waals surface area contributed by atoms with Crippen LogP contribution in [0.15, 0.2) is 83.8 Å². The highest BCUT2D eigenvalue weighted by Crippen LogP contribution is 2.16. The van der Waals surface area contributed by atoms with Crippen LogP contribution in [0, 0.1) is 0 Å². The molecular weight excluding hydrogens is 488 g/mol. The lowest BCUT2D eigenvalue weighted by molar-refractivity contribution is -0.114. The first-order valence-corrected chi connectivity index (χ1v) is 13.8. The molecule has 0 aromatic heterocycles. The molecule has 8 nitrogen and oxygen atoms in total. The summed E-state index contributed by atoms with van der Waals surface area (Å²) < 4.78 is 27.8. The second kappa shape index (κ2) is 12.1. The van der Waals surface area contributed by atoms with Gasteiger partial charge in [0.2, 0.25) is 15.9 Å². The highest BCUT2D eigenvalue weighted by molar-refractivity contribution is 7.89. The number of carbonyl (C=O) groups excluding carboxylic acids is 2. The number of rotatable bonds is 9. The van der Waals surface area contributed by atoms with E-state index in [2.05, 4.69) is 44.5 Å². The zero-order valence-corrected chi connectivity index (χ0v) is 21.6. The Morgan fingerprint density at radius 1 is 0.865 bits per heavy atom. The van der Waals surface area contributed by atoms with Gasteiger partial charge in [-0.1, -0.05) is 42.5 Å². The van der Waals surface area contributed by atoms with Crippen LogP contribution in [0.1, 0.15) is 41.3 Å². The summed E-state index contributed by atoms with van der Waals surface area (Å²) in [4.78, 5) is 26.4. The van der Waals surface area contributed by atoms with Gasteiger partial charge in [0.15, 0.2) is 0 Å². The zero-order chi connectivity index (χ0) is 26.3. The van der Waals surface area contributed by atoms with Crippen molar-refractivity contribution in [2.45, 2.75) is 43.8 Å². The van der Waals surface area contributed by atoms with E-state index in [4.69, 9.17) is 0 Å². The van der Waals surface area contributed by atoms with Gasteiger partial charge in [-0.15, -0.1) is 0 Å². The molecule has 194 valence electrons. The molecule has 3 aromatic rings. The molecule has 0 unspecified atom stereocenters. The van der Waals surface area contributed by atoms with Crippen molar-refractivity contribution in [1.29, 1.82) is 0 Å². The number of hydrogen-bond acceptors (Lipinski definition) is 5. The van der Waals surface area contributed by atoms with E-state index in [0.717, 1.165) is 38.0 Å². The van der Waals surface area contributed by atoms with Crippen LogP contribution in [0.3, 0.4) is 0 Å². The van der Waals surface area contributed by atoms with Crippen molar-refractivity contribution in [3.63, 3.8) is 0 Å². The number of amides is 2. The Morgan fingerprint density at radius 3 is 2.14 bits per heavy atom. The molecule has 1 heterocycles. The average Bonchev–Trinajstić information content (AvgIpc) is 2.89. The number of benzene rings is 3. The molecule has 0 saturated carbocycles. The summed E-state index contributed by atoms with van der Waals surface area (Å²) in [7, 11) is -3.72. The Bertz CT molecular complexity index is 1300. The normalized spacial score (nSPS) is 14.7. The SMILES string of the molecule is CC(=O)Nc1ccc(S(=O)(=O)NCc2ccc(C(=O)NC3CCN(Cc4ccccc4)CC3)cc2)cc1. The molecule has 1 fully saturated rings. The fourth-order valence-electron chi connectivity index (χ4n) is 4.30. The molecule has 0 atom stereocenters. The highest BCUT2D eigenvalue weighted by atomic mass is 32.2. The number of piperidine rings is 1. The van der Waals surface area contributed by atoms with E-state index < -0.39 is 10.0 Å². The Kier molecular flexibility index (Phi) is 8.70. The molecule has 1 saturated heterocycles. The summed E-state index contributed by atoms with van der Waals surface area (Å²) in [6.07, 6.45) is 1.81. The Labute approximate surface area is 218 Å². The van der Waals surface area contributed by atoms with Crippen LogP contribution in [0.4, 0.5) is 5.69 Å². The molecule has 3 N–H and O–H groups in total. The van der Waals surface area contributed by atoms with Gasteiger partial charge in [0, 0.05) is 50.4 Å². The summed E-state index contributed by atoms with van der Waals surface area (Å²) in [5.74, 6) is -0.344. The topological polar surface area (TPSA) is 108 Å². The van der Waals surface area contributed by atoms with Crippen molar-refractivity contribution in [2.75, 3.05) is 18.4 Å². The van der Waals surface area contributed by atoms with Gasteiger partial charge in [0.25, 0.3) is 5.91 Å². The molecule has 3 aromatic carbocycles. The summed E-state index contributed by atoms with van der Waals surface area (Å²) in [6, 6.07) is 23.4. The minimum atomic E-state index is -3.72. The second-order valence-corrected chi connectivity index (χ2v) is 11.0. The number of likely N-dealkylation sites (tertiary alicyclic amines) is 1. The van der Waals surface area contributed by atoms with Gasteiger partial charge in [-0.25, -0.2) is 13.1 Å². The standard InChI is InChI=1S/C28H32N4O4S/c1-21(33)30-25-11-13-27(14-12-25)37(35,36)29-19-22-7-9-24(10-8-22)28(34)31-26-15-17-32(18-16-26)20-23-5-3-2-4-6-23/h2-14,26,29H,15-20H2,1H3,(H,30,33)(H,31,34). The second-order valence-electron chi connectivity index (χ2n) is 9.24. The number of nitrogens with one attached hydrogen (secondary N) is 3. The van der Waals surface area contributed by atoms with Gasteiger partial charge in [-0.2, -0.15) is 0 Å². The molecule has 9 heteroatoms. The minimum Gasteiger partial charge on any atom is -0.349 e. The van der Waals surface area contributed by atoms with Crippen LogP contribution in [0.25, 0.3) is 0 Å². The van der Waals surface area contributed by atoms with Gasteiger partial charge in [0.05, 0.1) is 4.90 Å². The molecule has 2 amide bonds. The molecular formula is C28H32N4O4S. The lowest BCUT2D eigenvalue weighted by Gasteiger charge is -2.32. The number of sulfonamides is 1. The summed E-state index contributed by atoms with van der Waals surface area (Å²) in [5, 5.41) is 5.73. The molecule has 1 aliphatic rings. The summed E-state index contributed by atoms with van der Waals surface area (Å²) in [5.41, 5.74) is 3.11. The first-order valence-electron chi connectivity index (χ1n) is 12.3. The number of hydrogen-bond donors (Lipinski definition) is 3. The van der Waals surface area contributed by atoms with Gasteiger partial charge >= 0.3 is 0 Å². The minimum absolute atomic E-state index is 0.0948. The van der Waals surface area contributed by atoms with E-state index in [9.17, 15) is 18.0 Å². The Morgan fingerprint density at radius 2 is 1.51 bits per heavy atom. The van der Waals surface area contributed by atoms with Crippen LogP contribution in [-0.2, 0) is 27.9 Å². The smallest absolute Gasteiger partial charge is 0.251 e. The van der Waals surface area contributed by atoms with Crippen LogP contribution in [-0.4, -0.2) is 44.3 Å². The lowest BCUT2D eigenvalue weighted by atomic mass is 10.0. The van der Waals surface area contributed by atoms with Crippen LogP contribution in [0.2, 0.25) is 0 Å². The van der Waals surface area contributed by atoms with E-state index in [0.29, 0.717) is 11.3 Å². The first-order chi connectivity index (χ1) is 17.8. The summed E-state index contributed by atoms with van der Waals surface area (Å²) in [6.45, 7) is 4.29. The molecule has 0 bridgehead atoms. The van der Waals surface area contributed by atoms with Gasteiger partial charge in [0.1, 0.15) is 0 Å². The van der Waals surface area contributed by atoms with Crippen molar-refractivity contribution in [3.05, 3.63) is 95.6 Å². The van der Waals surface area contributed by atoms with Crippen LogP contribution < -0.4 is 15.4 Å². The van der Waals surface area contributed by atoms with Crippen molar-refractivity contribution in [2.24, 2.45) is 0 Å². The maximum atomic E-state index is 12.7. The van der Waals surface area contributed by atoms with Crippen LogP contribution >= 0.6 is 0 Å². The number of anilines is 1. The quantitative estimate of drug-likeness (QED) is 0.400. The number of carbonyl (C=O) groups is 2. The highest BCUT2D eigenvalue weighted by Gasteiger charge is 2.21. The van der Waals surface area contributed by atoms with Crippen LogP contribution in [0.5, 0.6) is 0 Å². The first kappa shape index (κ1) is 26.5. The lowest BCUT2D eigenvalue weighted by Crippen LogP contribution is -2.44. The van der Waals surface area contributed by atoms with Gasteiger partial charge < -0.3 is 10.6 Å². The predicted molar refractivity (Wildman–Crippen MR) is 143 cm³/mol. The Balaban J connectivity index is 1.24. The van der Waals surface area contributed by atoms with Crippen molar-refractivity contribution < 1.29 is 18.0 Å². The predicted octanol–water partition coefficient (Wildman–Crippen LogP) is 3.52. The maximum absolute atomic E-state index is 12.7. The third-order valence-corrected chi connectivity index (χ3v) is 7.76. The fourth-order valence-corrected chi connectivity index (χ4v) is 5.32. The molecule has 4 rings (SSSR count). The maximum Gasteiger partial charge on any atom is 0.251 e. The molecule has 0 spiro atoms. The van der Waals surface area contributed by atoms with E-state index in [-0.39, 0.29) is 29.3 Å². The molecule has 1 aliphatic heterocycles. The van der Waals surface area contributed by atoms with Crippen molar-refractivity contribution in [1.82, 2.24) is 14.9 Å². The molecule has 37 heavy (non-hydrogen) atoms. The fraction of sp³-hybridized carbons (Fsp3) is 0.286. The number of nitrogens with zero attached hydrogens (tertiary/aromatic N) is 1. The van der Waals surface area contributed by atoms with E-state index in [1.165, 1.54) is 36.8 Å². The van der Waals surface area contributed by atoms with Crippen molar-refractivity contribution >= 4 is 27.5 Å². The van der Waals surface area contributed by atoms with Gasteiger partial charge in [-0.3, -0.25) is 14.5 Å². The molecule has 0 aliphatic carbocycles. The third kappa shape index (κ3) is 7.72. The largest absolute Gasteiger partial charge is 0.349 e. The monoisotopic (exact) mass is 520 g/mol. The average molecular weight is 521 g/mol. The van der Waals surface area contributed by atoms with E-state index >= 15 is 0 Å². The summed E-state index contributed by atoms with van der Waals surface area (Å²) >= 11 is 0. The van der Waals surface area contributed by atoms with E-state index in [1.807, 2.05) is 6.07 Å². The van der Waals surface area contributed by atoms with Gasteiger partial charge in [-0.05, 0) is 60.4 Å². The third-order valence-electron chi connectivity index (χ3n) is 6.34. The molecule has 0 radical (unpaired) electrons. The van der Waals surface area contributed by atoms with Crippen molar-refractivity contribution in [3.8, 4) is 0 Å². The van der Waals surface area contributed by atoms with E-state index in [1.54, 1.807) is 24.3 Å².